The normalized spacial score (nSPS) is 12.3. The summed E-state index contributed by atoms with van der Waals surface area (Å²) in [5.74, 6) is 0.410. The molecule has 5 nitrogen and oxygen atoms in total. The van der Waals surface area contributed by atoms with Crippen LogP contribution in [0.1, 0.15) is 30.9 Å². The van der Waals surface area contributed by atoms with Crippen LogP contribution < -0.4 is 5.32 Å². The van der Waals surface area contributed by atoms with Crippen molar-refractivity contribution in [2.24, 2.45) is 5.92 Å². The zero-order valence-corrected chi connectivity index (χ0v) is 14.4. The molecule has 1 amide bonds. The minimum atomic E-state index is -0.454. The molecule has 0 aliphatic carbocycles. The van der Waals surface area contributed by atoms with E-state index in [1.807, 2.05) is 18.2 Å². The number of rotatable bonds is 7. The van der Waals surface area contributed by atoms with Gasteiger partial charge in [-0.05, 0) is 23.1 Å². The fourth-order valence-corrected chi connectivity index (χ4v) is 2.62. The Morgan fingerprint density at radius 2 is 1.88 bits per heavy atom. The molecule has 25 heavy (non-hydrogen) atoms. The van der Waals surface area contributed by atoms with Gasteiger partial charge in [-0.15, -0.1) is 0 Å². The fraction of sp³-hybridized carbons (Fsp3) is 0.250. The van der Waals surface area contributed by atoms with Crippen LogP contribution in [0.3, 0.4) is 0 Å². The third kappa shape index (κ3) is 5.57. The molecule has 1 atom stereocenters. The highest BCUT2D eigenvalue weighted by Crippen LogP contribution is 2.23. The SMILES string of the molecule is CC(C)C(CNC(=O)/C=C/c1cccc([N+](=O)[O-])c1)c1ccccc1. The molecule has 0 radical (unpaired) electrons. The van der Waals surface area contributed by atoms with Crippen molar-refractivity contribution in [2.75, 3.05) is 6.54 Å². The molecular formula is C20H22N2O3. The largest absolute Gasteiger partial charge is 0.352 e. The second-order valence-electron chi connectivity index (χ2n) is 6.19. The number of carbonyl (C=O) groups excluding carboxylic acids is 1. The van der Waals surface area contributed by atoms with Gasteiger partial charge >= 0.3 is 0 Å². The van der Waals surface area contributed by atoms with Crippen LogP contribution in [-0.4, -0.2) is 17.4 Å². The van der Waals surface area contributed by atoms with E-state index in [1.54, 1.807) is 18.2 Å². The quantitative estimate of drug-likeness (QED) is 0.468. The van der Waals surface area contributed by atoms with E-state index in [0.29, 0.717) is 18.0 Å². The first-order valence-electron chi connectivity index (χ1n) is 8.22. The van der Waals surface area contributed by atoms with Gasteiger partial charge in [0.2, 0.25) is 5.91 Å². The number of non-ortho nitro benzene ring substituents is 1. The topological polar surface area (TPSA) is 72.2 Å². The van der Waals surface area contributed by atoms with Gasteiger partial charge in [0.25, 0.3) is 5.69 Å². The third-order valence-corrected chi connectivity index (χ3v) is 4.04. The molecule has 0 saturated carbocycles. The van der Waals surface area contributed by atoms with Crippen molar-refractivity contribution in [1.82, 2.24) is 5.32 Å². The van der Waals surface area contributed by atoms with Crippen LogP contribution in [-0.2, 0) is 4.79 Å². The van der Waals surface area contributed by atoms with Crippen molar-refractivity contribution in [1.29, 1.82) is 0 Å². The summed E-state index contributed by atoms with van der Waals surface area (Å²) in [6.45, 7) is 4.80. The van der Waals surface area contributed by atoms with Crippen molar-refractivity contribution in [3.63, 3.8) is 0 Å². The predicted molar refractivity (Wildman–Crippen MR) is 99.2 cm³/mol. The minimum absolute atomic E-state index is 0.00603. The number of carbonyl (C=O) groups is 1. The Balaban J connectivity index is 1.97. The summed E-state index contributed by atoms with van der Waals surface area (Å²) >= 11 is 0. The first-order valence-corrected chi connectivity index (χ1v) is 8.22. The molecule has 1 unspecified atom stereocenters. The Morgan fingerprint density at radius 1 is 1.16 bits per heavy atom. The number of nitro groups is 1. The average Bonchev–Trinajstić information content (AvgIpc) is 2.61. The highest BCUT2D eigenvalue weighted by molar-refractivity contribution is 5.91. The molecule has 1 N–H and O–H groups in total. The Morgan fingerprint density at radius 3 is 2.52 bits per heavy atom. The van der Waals surface area contributed by atoms with Crippen LogP contribution in [0.5, 0.6) is 0 Å². The molecule has 0 heterocycles. The van der Waals surface area contributed by atoms with Crippen LogP contribution in [0.2, 0.25) is 0 Å². The molecule has 2 rings (SSSR count). The summed E-state index contributed by atoms with van der Waals surface area (Å²) in [7, 11) is 0. The molecular weight excluding hydrogens is 316 g/mol. The minimum Gasteiger partial charge on any atom is -0.352 e. The van der Waals surface area contributed by atoms with E-state index in [9.17, 15) is 14.9 Å². The molecule has 2 aromatic rings. The molecule has 0 bridgehead atoms. The van der Waals surface area contributed by atoms with Gasteiger partial charge in [0.15, 0.2) is 0 Å². The zero-order valence-electron chi connectivity index (χ0n) is 14.4. The molecule has 0 aromatic heterocycles. The molecule has 2 aromatic carbocycles. The van der Waals surface area contributed by atoms with Gasteiger partial charge in [-0.3, -0.25) is 14.9 Å². The summed E-state index contributed by atoms with van der Waals surface area (Å²) < 4.78 is 0. The first-order chi connectivity index (χ1) is 12.0. The van der Waals surface area contributed by atoms with Gasteiger partial charge in [-0.1, -0.05) is 56.3 Å². The number of nitrogens with zero attached hydrogens (tertiary/aromatic N) is 1. The molecule has 5 heteroatoms. The van der Waals surface area contributed by atoms with Gasteiger partial charge in [-0.25, -0.2) is 0 Å². The van der Waals surface area contributed by atoms with Crippen molar-refractivity contribution in [3.05, 3.63) is 81.9 Å². The van der Waals surface area contributed by atoms with Crippen LogP contribution in [0.4, 0.5) is 5.69 Å². The summed E-state index contributed by atoms with van der Waals surface area (Å²) in [6, 6.07) is 16.3. The lowest BCUT2D eigenvalue weighted by Crippen LogP contribution is -2.29. The first kappa shape index (κ1) is 18.4. The standard InChI is InChI=1S/C20H22N2O3/c1-15(2)19(17-8-4-3-5-9-17)14-21-20(23)12-11-16-7-6-10-18(13-16)22(24)25/h3-13,15,19H,14H2,1-2H3,(H,21,23)/b12-11+. The van der Waals surface area contributed by atoms with Gasteiger partial charge in [0.05, 0.1) is 4.92 Å². The Kier molecular flexibility index (Phi) is 6.46. The van der Waals surface area contributed by atoms with Crippen LogP contribution in [0.15, 0.2) is 60.7 Å². The Labute approximate surface area is 147 Å². The van der Waals surface area contributed by atoms with Crippen LogP contribution >= 0.6 is 0 Å². The van der Waals surface area contributed by atoms with E-state index in [1.165, 1.54) is 23.8 Å². The second-order valence-corrected chi connectivity index (χ2v) is 6.19. The number of hydrogen-bond donors (Lipinski definition) is 1. The lowest BCUT2D eigenvalue weighted by Gasteiger charge is -2.21. The fourth-order valence-electron chi connectivity index (χ4n) is 2.62. The molecule has 0 aliphatic heterocycles. The second kappa shape index (κ2) is 8.78. The number of benzene rings is 2. The lowest BCUT2D eigenvalue weighted by molar-refractivity contribution is -0.384. The van der Waals surface area contributed by atoms with Crippen molar-refractivity contribution in [3.8, 4) is 0 Å². The third-order valence-electron chi connectivity index (χ3n) is 4.04. The number of hydrogen-bond acceptors (Lipinski definition) is 3. The van der Waals surface area contributed by atoms with Gasteiger partial charge in [0.1, 0.15) is 0 Å². The maximum Gasteiger partial charge on any atom is 0.270 e. The van der Waals surface area contributed by atoms with E-state index in [0.717, 1.165) is 0 Å². The highest BCUT2D eigenvalue weighted by Gasteiger charge is 2.16. The molecule has 130 valence electrons. The number of nitrogens with one attached hydrogen (secondary N) is 1. The average molecular weight is 338 g/mol. The predicted octanol–water partition coefficient (Wildman–Crippen LogP) is 4.16. The Bertz CT molecular complexity index is 755. The number of nitro benzene ring substituents is 1. The van der Waals surface area contributed by atoms with E-state index >= 15 is 0 Å². The van der Waals surface area contributed by atoms with E-state index in [4.69, 9.17) is 0 Å². The van der Waals surface area contributed by atoms with Gasteiger partial charge in [-0.2, -0.15) is 0 Å². The van der Waals surface area contributed by atoms with E-state index < -0.39 is 4.92 Å². The summed E-state index contributed by atoms with van der Waals surface area (Å²) in [4.78, 5) is 22.4. The summed E-state index contributed by atoms with van der Waals surface area (Å²) in [5, 5.41) is 13.7. The maximum absolute atomic E-state index is 12.1. The Hall–Kier alpha value is -2.95. The van der Waals surface area contributed by atoms with Crippen molar-refractivity contribution in [2.45, 2.75) is 19.8 Å². The van der Waals surface area contributed by atoms with Crippen molar-refractivity contribution >= 4 is 17.7 Å². The van der Waals surface area contributed by atoms with Gasteiger partial charge < -0.3 is 5.32 Å². The zero-order chi connectivity index (χ0) is 18.2. The number of amides is 1. The highest BCUT2D eigenvalue weighted by atomic mass is 16.6. The maximum atomic E-state index is 12.1. The van der Waals surface area contributed by atoms with Crippen LogP contribution in [0.25, 0.3) is 6.08 Å². The smallest absolute Gasteiger partial charge is 0.270 e. The molecule has 0 fully saturated rings. The van der Waals surface area contributed by atoms with E-state index in [-0.39, 0.29) is 17.5 Å². The van der Waals surface area contributed by atoms with Crippen molar-refractivity contribution < 1.29 is 9.72 Å². The molecule has 0 spiro atoms. The van der Waals surface area contributed by atoms with Gasteiger partial charge in [0, 0.05) is 30.7 Å². The van der Waals surface area contributed by atoms with E-state index in [2.05, 4.69) is 31.3 Å². The monoisotopic (exact) mass is 338 g/mol. The lowest BCUT2D eigenvalue weighted by atomic mass is 9.88. The molecule has 0 saturated heterocycles. The molecule has 0 aliphatic rings. The summed E-state index contributed by atoms with van der Waals surface area (Å²) in [6.07, 6.45) is 2.98. The van der Waals surface area contributed by atoms with Crippen LogP contribution in [0, 0.1) is 16.0 Å². The summed E-state index contributed by atoms with van der Waals surface area (Å²) in [5.41, 5.74) is 1.82.